The van der Waals surface area contributed by atoms with Crippen LogP contribution in [0.2, 0.25) is 16.6 Å². The summed E-state index contributed by atoms with van der Waals surface area (Å²) in [5, 5.41) is 5.61. The molecule has 3 aromatic heterocycles. The molecule has 0 fully saturated rings. The lowest BCUT2D eigenvalue weighted by Gasteiger charge is -2.42. The second-order valence-corrected chi connectivity index (χ2v) is 19.5. The van der Waals surface area contributed by atoms with Gasteiger partial charge in [0.25, 0.3) is 10.0 Å². The molecule has 3 heterocycles. The Labute approximate surface area is 260 Å². The number of halogens is 1. The predicted octanol–water partition coefficient (Wildman–Crippen LogP) is 8.53. The standard InChI is InChI=1S/C34H41FN4O3SSi/c1-24(2)44(25(3)4,26(5)6)42-21-11-20-38-22-32(33(37-38)27-15-17-28(35)18-16-27)31-23-39(34-30(31)14-10-19-36-34)43(40,41)29-12-8-7-9-13-29/h7-10,12-19,22-26H,11,20-21H2,1-6H3. The van der Waals surface area contributed by atoms with Crippen molar-refractivity contribution in [2.24, 2.45) is 0 Å². The number of aromatic nitrogens is 4. The van der Waals surface area contributed by atoms with E-state index >= 15 is 0 Å². The molecule has 0 spiro atoms. The lowest BCUT2D eigenvalue weighted by atomic mass is 10.0. The highest BCUT2D eigenvalue weighted by Crippen LogP contribution is 2.42. The average molecular weight is 633 g/mol. The maximum Gasteiger partial charge on any atom is 0.269 e. The van der Waals surface area contributed by atoms with Gasteiger partial charge in [-0.1, -0.05) is 59.7 Å². The van der Waals surface area contributed by atoms with Crippen LogP contribution in [0.25, 0.3) is 33.4 Å². The molecule has 0 saturated heterocycles. The minimum atomic E-state index is -3.92. The van der Waals surface area contributed by atoms with Gasteiger partial charge in [0.05, 0.1) is 4.90 Å². The van der Waals surface area contributed by atoms with Gasteiger partial charge >= 0.3 is 0 Å². The number of aryl methyl sites for hydroxylation is 1. The van der Waals surface area contributed by atoms with Crippen LogP contribution in [0.1, 0.15) is 48.0 Å². The Balaban J connectivity index is 1.54. The van der Waals surface area contributed by atoms with Crippen LogP contribution in [-0.2, 0) is 21.0 Å². The zero-order valence-corrected chi connectivity index (χ0v) is 28.1. The minimum Gasteiger partial charge on any atom is -0.416 e. The third kappa shape index (κ3) is 5.90. The fourth-order valence-electron chi connectivity index (χ4n) is 6.66. The summed E-state index contributed by atoms with van der Waals surface area (Å²) in [6, 6.07) is 18.2. The molecule has 5 rings (SSSR count). The molecule has 0 radical (unpaired) electrons. The Kier molecular flexibility index (Phi) is 9.24. The van der Waals surface area contributed by atoms with Gasteiger partial charge in [0.2, 0.25) is 0 Å². The fraction of sp³-hybridized carbons (Fsp3) is 0.353. The van der Waals surface area contributed by atoms with Gasteiger partial charge in [0, 0.05) is 53.8 Å². The number of hydrogen-bond donors (Lipinski definition) is 0. The predicted molar refractivity (Wildman–Crippen MR) is 177 cm³/mol. The highest BCUT2D eigenvalue weighted by atomic mass is 32.2. The van der Waals surface area contributed by atoms with Gasteiger partial charge in [0.1, 0.15) is 11.5 Å². The summed E-state index contributed by atoms with van der Waals surface area (Å²) >= 11 is 0. The van der Waals surface area contributed by atoms with E-state index in [4.69, 9.17) is 9.52 Å². The van der Waals surface area contributed by atoms with E-state index in [0.29, 0.717) is 52.1 Å². The Morgan fingerprint density at radius 2 is 1.50 bits per heavy atom. The molecule has 44 heavy (non-hydrogen) atoms. The van der Waals surface area contributed by atoms with Crippen molar-refractivity contribution in [1.82, 2.24) is 18.7 Å². The highest BCUT2D eigenvalue weighted by Gasteiger charge is 2.44. The maximum absolute atomic E-state index is 13.9. The molecular formula is C34H41FN4O3SSi. The van der Waals surface area contributed by atoms with Gasteiger partial charge in [0.15, 0.2) is 14.0 Å². The topological polar surface area (TPSA) is 79.0 Å². The van der Waals surface area contributed by atoms with E-state index < -0.39 is 18.3 Å². The molecule has 232 valence electrons. The molecule has 10 heteroatoms. The number of hydrogen-bond acceptors (Lipinski definition) is 5. The fourth-order valence-corrected chi connectivity index (χ4v) is 13.5. The van der Waals surface area contributed by atoms with E-state index in [1.165, 1.54) is 16.1 Å². The summed E-state index contributed by atoms with van der Waals surface area (Å²) in [4.78, 5) is 4.63. The molecular weight excluding hydrogens is 592 g/mol. The number of benzene rings is 2. The van der Waals surface area contributed by atoms with Crippen molar-refractivity contribution in [1.29, 1.82) is 0 Å². The molecule has 0 unspecified atom stereocenters. The second-order valence-electron chi connectivity index (χ2n) is 12.2. The van der Waals surface area contributed by atoms with Crippen LogP contribution >= 0.6 is 0 Å². The van der Waals surface area contributed by atoms with E-state index in [1.807, 2.05) is 16.9 Å². The van der Waals surface area contributed by atoms with E-state index in [1.54, 1.807) is 60.9 Å². The summed E-state index contributed by atoms with van der Waals surface area (Å²) < 4.78 is 51.3. The first kappa shape index (κ1) is 31.8. The van der Waals surface area contributed by atoms with E-state index in [0.717, 1.165) is 17.5 Å². The lowest BCUT2D eigenvalue weighted by molar-refractivity contribution is 0.263. The summed E-state index contributed by atoms with van der Waals surface area (Å²) in [5.74, 6) is -0.338. The molecule has 7 nitrogen and oxygen atoms in total. The molecule has 5 aromatic rings. The highest BCUT2D eigenvalue weighted by molar-refractivity contribution is 7.90. The molecule has 0 N–H and O–H groups in total. The summed E-state index contributed by atoms with van der Waals surface area (Å²) in [6.45, 7) is 14.9. The third-order valence-corrected chi connectivity index (χ3v) is 16.4. The minimum absolute atomic E-state index is 0.173. The maximum atomic E-state index is 13.9. The number of rotatable bonds is 12. The largest absolute Gasteiger partial charge is 0.416 e. The first-order chi connectivity index (χ1) is 21.0. The third-order valence-electron chi connectivity index (χ3n) is 8.59. The van der Waals surface area contributed by atoms with Crippen LogP contribution in [0.4, 0.5) is 4.39 Å². The van der Waals surface area contributed by atoms with Crippen molar-refractivity contribution in [3.63, 3.8) is 0 Å². The van der Waals surface area contributed by atoms with E-state index in [-0.39, 0.29) is 10.7 Å². The number of nitrogens with zero attached hydrogens (tertiary/aromatic N) is 4. The normalized spacial score (nSPS) is 12.7. The smallest absolute Gasteiger partial charge is 0.269 e. The zero-order chi connectivity index (χ0) is 31.6. The average Bonchev–Trinajstić information content (AvgIpc) is 3.60. The van der Waals surface area contributed by atoms with Crippen molar-refractivity contribution < 1.29 is 17.2 Å². The SMILES string of the molecule is CC(C)[Si](OCCCn1cc(-c2cn(S(=O)(=O)c3ccccc3)c3ncccc23)c(-c2ccc(F)cc2)n1)(C(C)C)C(C)C. The number of pyridine rings is 1. The van der Waals surface area contributed by atoms with Gasteiger partial charge in [-0.25, -0.2) is 21.8 Å². The Morgan fingerprint density at radius 3 is 2.14 bits per heavy atom. The van der Waals surface area contributed by atoms with Crippen LogP contribution in [0, 0.1) is 5.82 Å². The van der Waals surface area contributed by atoms with Crippen LogP contribution in [-0.4, -0.2) is 42.1 Å². The van der Waals surface area contributed by atoms with Crippen LogP contribution in [0.5, 0.6) is 0 Å². The lowest BCUT2D eigenvalue weighted by Crippen LogP contribution is -2.48. The van der Waals surface area contributed by atoms with Gasteiger partial charge in [-0.3, -0.25) is 4.68 Å². The van der Waals surface area contributed by atoms with Crippen molar-refractivity contribution >= 4 is 29.4 Å². The monoisotopic (exact) mass is 632 g/mol. The quantitative estimate of drug-likeness (QED) is 0.102. The van der Waals surface area contributed by atoms with Gasteiger partial charge < -0.3 is 4.43 Å². The molecule has 0 aliphatic carbocycles. The van der Waals surface area contributed by atoms with E-state index in [9.17, 15) is 12.8 Å². The molecule has 2 aromatic carbocycles. The molecule has 0 amide bonds. The second kappa shape index (κ2) is 12.8. The summed E-state index contributed by atoms with van der Waals surface area (Å²) in [6.07, 6.45) is 5.92. The molecule has 0 atom stereocenters. The van der Waals surface area contributed by atoms with Crippen LogP contribution in [0.3, 0.4) is 0 Å². The first-order valence-electron chi connectivity index (χ1n) is 15.2. The molecule has 0 aliphatic rings. The Morgan fingerprint density at radius 1 is 0.841 bits per heavy atom. The van der Waals surface area contributed by atoms with Crippen molar-refractivity contribution in [3.8, 4) is 22.4 Å². The summed E-state index contributed by atoms with van der Waals surface area (Å²) in [7, 11) is -5.90. The van der Waals surface area contributed by atoms with Crippen LogP contribution < -0.4 is 0 Å². The van der Waals surface area contributed by atoms with Gasteiger partial charge in [-0.05, 0) is 71.6 Å². The summed E-state index contributed by atoms with van der Waals surface area (Å²) in [5.41, 5.74) is 4.63. The van der Waals surface area contributed by atoms with E-state index in [2.05, 4.69) is 46.5 Å². The first-order valence-corrected chi connectivity index (χ1v) is 18.8. The van der Waals surface area contributed by atoms with Crippen LogP contribution in [0.15, 0.2) is 90.2 Å². The van der Waals surface area contributed by atoms with Crippen molar-refractivity contribution in [2.75, 3.05) is 6.61 Å². The number of fused-ring (bicyclic) bond motifs is 1. The Hall–Kier alpha value is -3.60. The zero-order valence-electron chi connectivity index (χ0n) is 26.2. The van der Waals surface area contributed by atoms with Crippen molar-refractivity contribution in [3.05, 3.63) is 91.1 Å². The Bertz CT molecular complexity index is 1810. The van der Waals surface area contributed by atoms with Gasteiger partial charge in [-0.2, -0.15) is 5.10 Å². The molecule has 0 saturated carbocycles. The van der Waals surface area contributed by atoms with Crippen molar-refractivity contribution in [2.45, 2.75) is 76.0 Å². The molecule has 0 bridgehead atoms. The van der Waals surface area contributed by atoms with Gasteiger partial charge in [-0.15, -0.1) is 0 Å². The molecule has 0 aliphatic heterocycles.